The molecule has 2 aromatic rings. The number of benzene rings is 2. The van der Waals surface area contributed by atoms with Crippen LogP contribution in [0.5, 0.6) is 0 Å². The molecule has 2 aromatic carbocycles. The summed E-state index contributed by atoms with van der Waals surface area (Å²) in [6, 6.07) is 13.5. The van der Waals surface area contributed by atoms with Gasteiger partial charge in [-0.25, -0.2) is 4.79 Å². The molecule has 0 heterocycles. The summed E-state index contributed by atoms with van der Waals surface area (Å²) in [6.45, 7) is 2.77. The molecule has 0 spiro atoms. The predicted octanol–water partition coefficient (Wildman–Crippen LogP) is 4.16. The van der Waals surface area contributed by atoms with Gasteiger partial charge < -0.3 is 10.1 Å². The molecule has 0 saturated carbocycles. The average molecular weight is 334 g/mol. The third kappa shape index (κ3) is 3.61. The standard InChI is InChI=1S/C16H16BrNO2/c1-11-9-14(7-8-15(11)17)18-10-12-3-5-13(6-4-12)16(19)20-2/h3-9,18H,10H2,1-2H3. The topological polar surface area (TPSA) is 38.3 Å². The smallest absolute Gasteiger partial charge is 0.337 e. The highest BCUT2D eigenvalue weighted by Crippen LogP contribution is 2.20. The Kier molecular flexibility index (Phi) is 4.79. The molecule has 0 fully saturated rings. The number of rotatable bonds is 4. The van der Waals surface area contributed by atoms with E-state index in [2.05, 4.69) is 39.0 Å². The van der Waals surface area contributed by atoms with Crippen molar-refractivity contribution in [1.82, 2.24) is 0 Å². The second kappa shape index (κ2) is 6.57. The van der Waals surface area contributed by atoms with Crippen LogP contribution < -0.4 is 5.32 Å². The summed E-state index contributed by atoms with van der Waals surface area (Å²) in [5.74, 6) is -0.312. The van der Waals surface area contributed by atoms with Crippen molar-refractivity contribution in [2.75, 3.05) is 12.4 Å². The van der Waals surface area contributed by atoms with Gasteiger partial charge in [0.15, 0.2) is 0 Å². The summed E-state index contributed by atoms with van der Waals surface area (Å²) in [7, 11) is 1.38. The summed E-state index contributed by atoms with van der Waals surface area (Å²) < 4.78 is 5.77. The van der Waals surface area contributed by atoms with Crippen molar-refractivity contribution < 1.29 is 9.53 Å². The van der Waals surface area contributed by atoms with Crippen LogP contribution in [-0.2, 0) is 11.3 Å². The lowest BCUT2D eigenvalue weighted by molar-refractivity contribution is 0.0600. The number of hydrogen-bond donors (Lipinski definition) is 1. The molecule has 0 radical (unpaired) electrons. The lowest BCUT2D eigenvalue weighted by Gasteiger charge is -2.09. The molecule has 0 unspecified atom stereocenters. The molecule has 0 amide bonds. The van der Waals surface area contributed by atoms with Crippen LogP contribution in [0.15, 0.2) is 46.9 Å². The fourth-order valence-electron chi connectivity index (χ4n) is 1.84. The monoisotopic (exact) mass is 333 g/mol. The largest absolute Gasteiger partial charge is 0.465 e. The maximum Gasteiger partial charge on any atom is 0.337 e. The van der Waals surface area contributed by atoms with Crippen LogP contribution in [0.25, 0.3) is 0 Å². The summed E-state index contributed by atoms with van der Waals surface area (Å²) >= 11 is 3.48. The van der Waals surface area contributed by atoms with E-state index in [0.29, 0.717) is 12.1 Å². The van der Waals surface area contributed by atoms with Crippen molar-refractivity contribution in [2.24, 2.45) is 0 Å². The van der Waals surface area contributed by atoms with Crippen LogP contribution in [0.3, 0.4) is 0 Å². The Morgan fingerprint density at radius 1 is 1.20 bits per heavy atom. The van der Waals surface area contributed by atoms with Gasteiger partial charge in [-0.1, -0.05) is 28.1 Å². The second-order valence-corrected chi connectivity index (χ2v) is 5.36. The molecule has 0 bridgehead atoms. The average Bonchev–Trinajstić information content (AvgIpc) is 2.48. The molecule has 0 atom stereocenters. The minimum absolute atomic E-state index is 0.312. The summed E-state index contributed by atoms with van der Waals surface area (Å²) in [4.78, 5) is 11.3. The molecule has 1 N–H and O–H groups in total. The summed E-state index contributed by atoms with van der Waals surface area (Å²) in [5, 5.41) is 3.35. The molecule has 0 aliphatic heterocycles. The van der Waals surface area contributed by atoms with Gasteiger partial charge in [0.1, 0.15) is 0 Å². The number of carbonyl (C=O) groups is 1. The lowest BCUT2D eigenvalue weighted by Crippen LogP contribution is -2.03. The number of esters is 1. The van der Waals surface area contributed by atoms with E-state index in [1.54, 1.807) is 12.1 Å². The van der Waals surface area contributed by atoms with Gasteiger partial charge in [0.05, 0.1) is 12.7 Å². The Labute approximate surface area is 127 Å². The van der Waals surface area contributed by atoms with Crippen molar-refractivity contribution in [2.45, 2.75) is 13.5 Å². The second-order valence-electron chi connectivity index (χ2n) is 4.51. The highest BCUT2D eigenvalue weighted by atomic mass is 79.9. The number of halogens is 1. The van der Waals surface area contributed by atoms with E-state index < -0.39 is 0 Å². The van der Waals surface area contributed by atoms with Crippen LogP contribution in [0, 0.1) is 6.92 Å². The van der Waals surface area contributed by atoms with Crippen LogP contribution in [-0.4, -0.2) is 13.1 Å². The number of ether oxygens (including phenoxy) is 1. The lowest BCUT2D eigenvalue weighted by atomic mass is 10.1. The maximum atomic E-state index is 11.3. The van der Waals surface area contributed by atoms with Crippen LogP contribution in [0.4, 0.5) is 5.69 Å². The van der Waals surface area contributed by atoms with Gasteiger partial charge in [0.2, 0.25) is 0 Å². The van der Waals surface area contributed by atoms with Crippen LogP contribution in [0.1, 0.15) is 21.5 Å². The number of methoxy groups -OCH3 is 1. The van der Waals surface area contributed by atoms with E-state index in [1.807, 2.05) is 24.3 Å². The fourth-order valence-corrected chi connectivity index (χ4v) is 2.08. The molecule has 20 heavy (non-hydrogen) atoms. The molecule has 0 aliphatic rings. The maximum absolute atomic E-state index is 11.3. The minimum atomic E-state index is -0.312. The number of nitrogens with one attached hydrogen (secondary N) is 1. The molecule has 104 valence electrons. The molecule has 0 aromatic heterocycles. The third-order valence-corrected chi connectivity index (χ3v) is 3.92. The SMILES string of the molecule is COC(=O)c1ccc(CNc2ccc(Br)c(C)c2)cc1. The highest BCUT2D eigenvalue weighted by Gasteiger charge is 2.04. The van der Waals surface area contributed by atoms with Gasteiger partial charge in [-0.05, 0) is 48.4 Å². The molecule has 4 heteroatoms. The first kappa shape index (κ1) is 14.6. The van der Waals surface area contributed by atoms with Gasteiger partial charge >= 0.3 is 5.97 Å². The molecule has 0 aliphatic carbocycles. The molecule has 0 saturated heterocycles. The van der Waals surface area contributed by atoms with Crippen LogP contribution in [0.2, 0.25) is 0 Å². The summed E-state index contributed by atoms with van der Waals surface area (Å²) in [5.41, 5.74) is 3.94. The quantitative estimate of drug-likeness (QED) is 0.854. The molecular formula is C16H16BrNO2. The Bertz CT molecular complexity index is 608. The number of carbonyl (C=O) groups excluding carboxylic acids is 1. The first-order valence-corrected chi connectivity index (χ1v) is 7.06. The van der Waals surface area contributed by atoms with Gasteiger partial charge in [-0.3, -0.25) is 0 Å². The first-order chi connectivity index (χ1) is 9.60. The van der Waals surface area contributed by atoms with Crippen molar-refractivity contribution in [3.8, 4) is 0 Å². The van der Waals surface area contributed by atoms with Gasteiger partial charge in [0.25, 0.3) is 0 Å². The van der Waals surface area contributed by atoms with E-state index in [0.717, 1.165) is 15.7 Å². The van der Waals surface area contributed by atoms with Gasteiger partial charge in [-0.15, -0.1) is 0 Å². The van der Waals surface area contributed by atoms with Gasteiger partial charge in [-0.2, -0.15) is 0 Å². The summed E-state index contributed by atoms with van der Waals surface area (Å²) in [6.07, 6.45) is 0. The van der Waals surface area contributed by atoms with E-state index >= 15 is 0 Å². The molecular weight excluding hydrogens is 318 g/mol. The minimum Gasteiger partial charge on any atom is -0.465 e. The number of anilines is 1. The van der Waals surface area contributed by atoms with E-state index in [-0.39, 0.29) is 5.97 Å². The Morgan fingerprint density at radius 2 is 1.90 bits per heavy atom. The molecule has 3 nitrogen and oxygen atoms in total. The molecule has 2 rings (SSSR count). The van der Waals surface area contributed by atoms with Crippen LogP contribution >= 0.6 is 15.9 Å². The van der Waals surface area contributed by atoms with Crippen molar-refractivity contribution in [3.63, 3.8) is 0 Å². The number of aryl methyl sites for hydroxylation is 1. The Hall–Kier alpha value is -1.81. The van der Waals surface area contributed by atoms with E-state index in [9.17, 15) is 4.79 Å². The zero-order valence-corrected chi connectivity index (χ0v) is 13.0. The number of hydrogen-bond acceptors (Lipinski definition) is 3. The fraction of sp³-hybridized carbons (Fsp3) is 0.188. The predicted molar refractivity (Wildman–Crippen MR) is 84.0 cm³/mol. The van der Waals surface area contributed by atoms with Gasteiger partial charge in [0, 0.05) is 16.7 Å². The van der Waals surface area contributed by atoms with Crippen molar-refractivity contribution >= 4 is 27.6 Å². The van der Waals surface area contributed by atoms with Crippen molar-refractivity contribution in [3.05, 3.63) is 63.6 Å². The van der Waals surface area contributed by atoms with Crippen molar-refractivity contribution in [1.29, 1.82) is 0 Å². The van der Waals surface area contributed by atoms with E-state index in [1.165, 1.54) is 12.7 Å². The third-order valence-electron chi connectivity index (χ3n) is 3.03. The first-order valence-electron chi connectivity index (χ1n) is 6.27. The Balaban J connectivity index is 2.00. The Morgan fingerprint density at radius 3 is 2.50 bits per heavy atom. The van der Waals surface area contributed by atoms with E-state index in [4.69, 9.17) is 0 Å². The highest BCUT2D eigenvalue weighted by molar-refractivity contribution is 9.10. The zero-order valence-electron chi connectivity index (χ0n) is 11.4. The normalized spacial score (nSPS) is 10.2. The zero-order chi connectivity index (χ0) is 14.5.